The van der Waals surface area contributed by atoms with Crippen LogP contribution in [0.4, 0.5) is 0 Å². The zero-order valence-corrected chi connectivity index (χ0v) is 12.8. The Morgan fingerprint density at radius 2 is 2.05 bits per heavy atom. The van der Waals surface area contributed by atoms with Gasteiger partial charge in [-0.1, -0.05) is 17.7 Å². The smallest absolute Gasteiger partial charge is 0.243 e. The summed E-state index contributed by atoms with van der Waals surface area (Å²) in [5, 5.41) is 0.468. The summed E-state index contributed by atoms with van der Waals surface area (Å²) in [6, 6.07) is 4.67. The number of halogens is 1. The van der Waals surface area contributed by atoms with Crippen LogP contribution in [0.25, 0.3) is 0 Å². The van der Waals surface area contributed by atoms with Gasteiger partial charge in [0.15, 0.2) is 0 Å². The van der Waals surface area contributed by atoms with Crippen LogP contribution in [0.1, 0.15) is 19.4 Å². The number of ether oxygens (including phenoxy) is 1. The third kappa shape index (κ3) is 2.94. The monoisotopic (exact) mass is 303 g/mol. The molecule has 1 heterocycles. The fourth-order valence-electron chi connectivity index (χ4n) is 2.08. The minimum atomic E-state index is -3.51. The molecule has 1 fully saturated rings. The van der Waals surface area contributed by atoms with Crippen molar-refractivity contribution in [3.8, 4) is 0 Å². The Morgan fingerprint density at radius 1 is 1.37 bits per heavy atom. The van der Waals surface area contributed by atoms with Crippen molar-refractivity contribution in [2.75, 3.05) is 13.2 Å². The Labute approximate surface area is 119 Å². The summed E-state index contributed by atoms with van der Waals surface area (Å²) in [7, 11) is -3.51. The van der Waals surface area contributed by atoms with Crippen molar-refractivity contribution in [3.05, 3.63) is 28.8 Å². The molecule has 0 spiro atoms. The van der Waals surface area contributed by atoms with Gasteiger partial charge >= 0.3 is 0 Å². The van der Waals surface area contributed by atoms with Crippen LogP contribution in [0.2, 0.25) is 5.02 Å². The number of nitrogens with zero attached hydrogens (tertiary/aromatic N) is 1. The quantitative estimate of drug-likeness (QED) is 0.843. The second kappa shape index (κ2) is 5.40. The lowest BCUT2D eigenvalue weighted by molar-refractivity contribution is -0.0170. The molecule has 1 saturated heterocycles. The van der Waals surface area contributed by atoms with E-state index in [4.69, 9.17) is 16.3 Å². The second-order valence-corrected chi connectivity index (χ2v) is 7.28. The molecule has 0 amide bonds. The minimum absolute atomic E-state index is 0.0908. The van der Waals surface area contributed by atoms with E-state index < -0.39 is 10.0 Å². The van der Waals surface area contributed by atoms with E-state index in [0.717, 1.165) is 5.56 Å². The fourth-order valence-corrected chi connectivity index (χ4v) is 4.04. The Bertz CT molecular complexity index is 573. The van der Waals surface area contributed by atoms with Crippen molar-refractivity contribution in [1.82, 2.24) is 4.31 Å². The largest absolute Gasteiger partial charge is 0.375 e. The summed E-state index contributed by atoms with van der Waals surface area (Å²) in [5.74, 6) is 0. The normalized spacial score (nSPS) is 25.5. The van der Waals surface area contributed by atoms with Crippen LogP contribution in [0.15, 0.2) is 23.1 Å². The van der Waals surface area contributed by atoms with Gasteiger partial charge in [0.25, 0.3) is 0 Å². The highest BCUT2D eigenvalue weighted by atomic mass is 35.5. The molecule has 0 N–H and O–H groups in total. The minimum Gasteiger partial charge on any atom is -0.375 e. The summed E-state index contributed by atoms with van der Waals surface area (Å²) in [4.78, 5) is 0.240. The first kappa shape index (κ1) is 14.8. The zero-order valence-electron chi connectivity index (χ0n) is 11.3. The molecular weight excluding hydrogens is 286 g/mol. The molecule has 2 unspecified atom stereocenters. The first-order chi connectivity index (χ1) is 8.82. The third-order valence-electron chi connectivity index (χ3n) is 3.30. The number of morpholine rings is 1. The molecule has 0 aliphatic carbocycles. The van der Waals surface area contributed by atoms with E-state index >= 15 is 0 Å². The molecule has 2 rings (SSSR count). The van der Waals surface area contributed by atoms with Crippen molar-refractivity contribution in [2.45, 2.75) is 37.8 Å². The summed E-state index contributed by atoms with van der Waals surface area (Å²) in [6.07, 6.45) is -0.0908. The van der Waals surface area contributed by atoms with Crippen LogP contribution < -0.4 is 0 Å². The topological polar surface area (TPSA) is 46.6 Å². The number of rotatable bonds is 2. The number of aryl methyl sites for hydroxylation is 1. The van der Waals surface area contributed by atoms with Crippen molar-refractivity contribution >= 4 is 21.6 Å². The number of hydrogen-bond donors (Lipinski definition) is 0. The lowest BCUT2D eigenvalue weighted by Gasteiger charge is -2.35. The van der Waals surface area contributed by atoms with E-state index in [2.05, 4.69) is 0 Å². The van der Waals surface area contributed by atoms with Gasteiger partial charge in [0, 0.05) is 17.6 Å². The molecule has 0 radical (unpaired) electrons. The molecule has 1 aromatic carbocycles. The van der Waals surface area contributed by atoms with E-state index in [-0.39, 0.29) is 17.0 Å². The molecule has 0 saturated carbocycles. The van der Waals surface area contributed by atoms with Gasteiger partial charge in [-0.25, -0.2) is 8.42 Å². The van der Waals surface area contributed by atoms with Crippen molar-refractivity contribution in [2.24, 2.45) is 0 Å². The van der Waals surface area contributed by atoms with Crippen LogP contribution in [0, 0.1) is 6.92 Å². The first-order valence-electron chi connectivity index (χ1n) is 6.22. The predicted octanol–water partition coefficient (Wildman–Crippen LogP) is 2.45. The third-order valence-corrected chi connectivity index (χ3v) is 5.68. The summed E-state index contributed by atoms with van der Waals surface area (Å²) in [5.41, 5.74) is 0.865. The summed E-state index contributed by atoms with van der Waals surface area (Å²) < 4.78 is 32.2. The molecule has 19 heavy (non-hydrogen) atoms. The number of sulfonamides is 1. The molecule has 0 bridgehead atoms. The summed E-state index contributed by atoms with van der Waals surface area (Å²) in [6.45, 7) is 6.35. The average Bonchev–Trinajstić information content (AvgIpc) is 2.35. The molecule has 4 nitrogen and oxygen atoms in total. The van der Waals surface area contributed by atoms with E-state index in [9.17, 15) is 8.42 Å². The van der Waals surface area contributed by atoms with Crippen molar-refractivity contribution in [3.63, 3.8) is 0 Å². The first-order valence-corrected chi connectivity index (χ1v) is 8.04. The molecule has 1 aromatic rings. The Morgan fingerprint density at radius 3 is 2.68 bits per heavy atom. The highest BCUT2D eigenvalue weighted by Gasteiger charge is 2.34. The maximum absolute atomic E-state index is 12.6. The van der Waals surface area contributed by atoms with Crippen LogP contribution in [0.5, 0.6) is 0 Å². The van der Waals surface area contributed by atoms with E-state index in [0.29, 0.717) is 18.2 Å². The molecular formula is C13H18ClNO3S. The standard InChI is InChI=1S/C13H18ClNO3S/c1-9-4-5-12(6-13(9)14)19(16,17)15-7-11(3)18-8-10(15)2/h4-6,10-11H,7-8H2,1-3H3. The Hall–Kier alpha value is -0.620. The van der Waals surface area contributed by atoms with Crippen LogP contribution in [-0.4, -0.2) is 38.0 Å². The summed E-state index contributed by atoms with van der Waals surface area (Å²) >= 11 is 6.02. The molecule has 1 aliphatic rings. The lowest BCUT2D eigenvalue weighted by atomic mass is 10.2. The van der Waals surface area contributed by atoms with E-state index in [1.807, 2.05) is 20.8 Å². The van der Waals surface area contributed by atoms with Gasteiger partial charge in [-0.15, -0.1) is 0 Å². The molecule has 106 valence electrons. The van der Waals surface area contributed by atoms with Gasteiger partial charge in [-0.05, 0) is 38.5 Å². The Kier molecular flexibility index (Phi) is 4.20. The zero-order chi connectivity index (χ0) is 14.2. The van der Waals surface area contributed by atoms with Gasteiger partial charge in [0.1, 0.15) is 0 Å². The van der Waals surface area contributed by atoms with Gasteiger partial charge in [0.05, 0.1) is 17.6 Å². The van der Waals surface area contributed by atoms with Crippen LogP contribution >= 0.6 is 11.6 Å². The lowest BCUT2D eigenvalue weighted by Crippen LogP contribution is -2.50. The van der Waals surface area contributed by atoms with Crippen molar-refractivity contribution < 1.29 is 13.2 Å². The number of hydrogen-bond acceptors (Lipinski definition) is 3. The fraction of sp³-hybridized carbons (Fsp3) is 0.538. The highest BCUT2D eigenvalue weighted by Crippen LogP contribution is 2.26. The van der Waals surface area contributed by atoms with Gasteiger partial charge in [0.2, 0.25) is 10.0 Å². The van der Waals surface area contributed by atoms with Crippen LogP contribution in [0.3, 0.4) is 0 Å². The van der Waals surface area contributed by atoms with Gasteiger partial charge in [-0.2, -0.15) is 4.31 Å². The second-order valence-electron chi connectivity index (χ2n) is 4.98. The molecule has 0 aromatic heterocycles. The Balaban J connectivity index is 2.38. The van der Waals surface area contributed by atoms with E-state index in [1.54, 1.807) is 12.1 Å². The predicted molar refractivity (Wildman–Crippen MR) is 75.0 cm³/mol. The SMILES string of the molecule is Cc1ccc(S(=O)(=O)N2CC(C)OCC2C)cc1Cl. The number of benzene rings is 1. The highest BCUT2D eigenvalue weighted by molar-refractivity contribution is 7.89. The van der Waals surface area contributed by atoms with Gasteiger partial charge in [-0.3, -0.25) is 0 Å². The molecule has 6 heteroatoms. The maximum atomic E-state index is 12.6. The van der Waals surface area contributed by atoms with Crippen molar-refractivity contribution in [1.29, 1.82) is 0 Å². The van der Waals surface area contributed by atoms with Crippen LogP contribution in [-0.2, 0) is 14.8 Å². The van der Waals surface area contributed by atoms with Gasteiger partial charge < -0.3 is 4.74 Å². The molecule has 2 atom stereocenters. The average molecular weight is 304 g/mol. The molecule has 1 aliphatic heterocycles. The maximum Gasteiger partial charge on any atom is 0.243 e. The van der Waals surface area contributed by atoms with E-state index in [1.165, 1.54) is 10.4 Å².